The second kappa shape index (κ2) is 7.42. The highest BCUT2D eigenvalue weighted by Gasteiger charge is 2.41. The van der Waals surface area contributed by atoms with E-state index in [1.54, 1.807) is 0 Å². The van der Waals surface area contributed by atoms with Gasteiger partial charge in [0, 0.05) is 13.0 Å². The van der Waals surface area contributed by atoms with E-state index < -0.39 is 32.4 Å². The molecule has 0 fully saturated rings. The molecule has 0 N–H and O–H groups in total. The molecule has 4 nitrogen and oxygen atoms in total. The molecule has 1 aliphatic carbocycles. The summed E-state index contributed by atoms with van der Waals surface area (Å²) in [4.78, 5) is -0.558. The summed E-state index contributed by atoms with van der Waals surface area (Å²) in [5.41, 5.74) is -1.09. The highest BCUT2D eigenvalue weighted by Crippen LogP contribution is 2.39. The van der Waals surface area contributed by atoms with Gasteiger partial charge in [-0.25, -0.2) is 8.42 Å². The van der Waals surface area contributed by atoms with Crippen molar-refractivity contribution in [2.75, 3.05) is 32.7 Å². The van der Waals surface area contributed by atoms with E-state index in [1.807, 2.05) is 0 Å². The van der Waals surface area contributed by atoms with Gasteiger partial charge in [-0.3, -0.25) is 0 Å². The van der Waals surface area contributed by atoms with E-state index >= 15 is 0 Å². The summed E-state index contributed by atoms with van der Waals surface area (Å²) in [7, 11) is -2.47. The minimum Gasteiger partial charge on any atom is -0.382 e. The molecule has 0 aromatic heterocycles. The summed E-state index contributed by atoms with van der Waals surface area (Å²) in [6, 6.07) is 0. The molecule has 0 saturated heterocycles. The molecular weight excluding hydrogens is 309 g/mol. The molecule has 0 bridgehead atoms. The largest absolute Gasteiger partial charge is 0.417 e. The Labute approximate surface area is 122 Å². The van der Waals surface area contributed by atoms with E-state index in [2.05, 4.69) is 0 Å². The predicted octanol–water partition coefficient (Wildman–Crippen LogP) is 2.48. The fourth-order valence-corrected chi connectivity index (χ4v) is 3.58. The maximum absolute atomic E-state index is 13.0. The van der Waals surface area contributed by atoms with Gasteiger partial charge in [-0.15, -0.1) is 0 Å². The van der Waals surface area contributed by atoms with Crippen molar-refractivity contribution in [2.45, 2.75) is 19.5 Å². The third-order valence-corrected chi connectivity index (χ3v) is 5.10. The average molecular weight is 328 g/mol. The molecule has 0 amide bonds. The van der Waals surface area contributed by atoms with Crippen molar-refractivity contribution in [1.29, 1.82) is 0 Å². The summed E-state index contributed by atoms with van der Waals surface area (Å²) in [6.45, 7) is 1.76. The number of halogens is 3. The lowest BCUT2D eigenvalue weighted by Gasteiger charge is -2.25. The zero-order valence-corrected chi connectivity index (χ0v) is 12.8. The maximum Gasteiger partial charge on any atom is 0.417 e. The van der Waals surface area contributed by atoms with Crippen LogP contribution in [-0.4, -0.2) is 47.3 Å². The second-order valence-corrected chi connectivity index (χ2v) is 6.83. The summed E-state index contributed by atoms with van der Waals surface area (Å²) in [5, 5.41) is 0. The highest BCUT2D eigenvalue weighted by atomic mass is 32.2. The average Bonchev–Trinajstić information content (AvgIpc) is 2.42. The number of allylic oxidation sites excluding steroid dienone is 3. The summed E-state index contributed by atoms with van der Waals surface area (Å²) < 4.78 is 73.2. The molecule has 0 saturated carbocycles. The van der Waals surface area contributed by atoms with Gasteiger partial charge in [-0.1, -0.05) is 19.1 Å². The first-order valence-electron chi connectivity index (χ1n) is 6.51. The van der Waals surface area contributed by atoms with Gasteiger partial charge in [0.15, 0.2) is 9.84 Å². The van der Waals surface area contributed by atoms with Crippen LogP contribution in [0.25, 0.3) is 0 Å². The van der Waals surface area contributed by atoms with Crippen molar-refractivity contribution in [1.82, 2.24) is 0 Å². The maximum atomic E-state index is 13.0. The number of sulfone groups is 1. The van der Waals surface area contributed by atoms with Crippen LogP contribution in [0.5, 0.6) is 0 Å². The van der Waals surface area contributed by atoms with Gasteiger partial charge < -0.3 is 9.47 Å². The van der Waals surface area contributed by atoms with E-state index in [-0.39, 0.29) is 25.4 Å². The van der Waals surface area contributed by atoms with E-state index in [0.717, 1.165) is 6.08 Å². The molecule has 8 heteroatoms. The monoisotopic (exact) mass is 328 g/mol. The van der Waals surface area contributed by atoms with E-state index in [4.69, 9.17) is 9.47 Å². The van der Waals surface area contributed by atoms with Crippen molar-refractivity contribution < 1.29 is 31.1 Å². The zero-order chi connectivity index (χ0) is 16.1. The molecular formula is C13H19F3O4S. The zero-order valence-electron chi connectivity index (χ0n) is 11.9. The van der Waals surface area contributed by atoms with Crippen LogP contribution >= 0.6 is 0 Å². The molecule has 0 aromatic carbocycles. The third-order valence-electron chi connectivity index (χ3n) is 3.11. The van der Waals surface area contributed by atoms with Crippen LogP contribution in [0.3, 0.4) is 0 Å². The Bertz CT molecular complexity index is 506. The first-order valence-corrected chi connectivity index (χ1v) is 8.16. The Hall–Kier alpha value is -0.860. The third kappa shape index (κ3) is 4.82. The van der Waals surface area contributed by atoms with Crippen LogP contribution in [0.1, 0.15) is 13.3 Å². The number of hydrogen-bond acceptors (Lipinski definition) is 4. The molecule has 1 aliphatic rings. The molecule has 1 atom stereocenters. The van der Waals surface area contributed by atoms with Crippen molar-refractivity contribution in [2.24, 2.45) is 5.92 Å². The van der Waals surface area contributed by atoms with Gasteiger partial charge in [0.05, 0.1) is 36.1 Å². The first kappa shape index (κ1) is 18.2. The molecule has 0 heterocycles. The minimum absolute atomic E-state index is 0.0815. The smallest absolute Gasteiger partial charge is 0.382 e. The van der Waals surface area contributed by atoms with Gasteiger partial charge in [-0.2, -0.15) is 13.2 Å². The van der Waals surface area contributed by atoms with Crippen LogP contribution in [0.15, 0.2) is 22.6 Å². The number of rotatable bonds is 7. The first-order chi connectivity index (χ1) is 9.74. The van der Waals surface area contributed by atoms with Crippen molar-refractivity contribution in [3.05, 3.63) is 22.6 Å². The van der Waals surface area contributed by atoms with Gasteiger partial charge >= 0.3 is 6.18 Å². The predicted molar refractivity (Wildman–Crippen MR) is 72.5 cm³/mol. The highest BCUT2D eigenvalue weighted by molar-refractivity contribution is 7.95. The number of alkyl halides is 3. The van der Waals surface area contributed by atoms with Gasteiger partial charge in [0.1, 0.15) is 0 Å². The number of ether oxygens (including phenoxy) is 2. The van der Waals surface area contributed by atoms with Crippen molar-refractivity contribution in [3.63, 3.8) is 0 Å². The fourth-order valence-electron chi connectivity index (χ4n) is 2.08. The van der Waals surface area contributed by atoms with Crippen molar-refractivity contribution in [3.8, 4) is 0 Å². The van der Waals surface area contributed by atoms with Gasteiger partial charge in [0.25, 0.3) is 0 Å². The van der Waals surface area contributed by atoms with E-state index in [1.165, 1.54) is 20.1 Å². The van der Waals surface area contributed by atoms with Crippen molar-refractivity contribution >= 4 is 9.84 Å². The molecule has 1 rings (SSSR count). The minimum atomic E-state index is -4.70. The molecule has 0 aliphatic heterocycles. The molecule has 1 unspecified atom stereocenters. The molecule has 122 valence electrons. The molecule has 0 radical (unpaired) electrons. The Morgan fingerprint density at radius 1 is 1.33 bits per heavy atom. The number of hydrogen-bond donors (Lipinski definition) is 0. The summed E-state index contributed by atoms with van der Waals surface area (Å²) >= 11 is 0. The molecule has 21 heavy (non-hydrogen) atoms. The van der Waals surface area contributed by atoms with Crippen LogP contribution in [0.4, 0.5) is 13.2 Å². The fraction of sp³-hybridized carbons (Fsp3) is 0.692. The van der Waals surface area contributed by atoms with Crippen LogP contribution in [0, 0.1) is 5.92 Å². The SMILES string of the molecule is CCS(=O)(=O)C1=C(C(F)(F)F)C=CCC1COCCOC. The topological polar surface area (TPSA) is 52.6 Å². The quantitative estimate of drug-likeness (QED) is 0.674. The Morgan fingerprint density at radius 3 is 2.52 bits per heavy atom. The van der Waals surface area contributed by atoms with Crippen LogP contribution in [-0.2, 0) is 19.3 Å². The summed E-state index contributed by atoms with van der Waals surface area (Å²) in [6.07, 6.45) is -2.31. The lowest BCUT2D eigenvalue weighted by Crippen LogP contribution is -2.28. The lowest BCUT2D eigenvalue weighted by atomic mass is 9.96. The van der Waals surface area contributed by atoms with E-state index in [9.17, 15) is 21.6 Å². The van der Waals surface area contributed by atoms with Crippen LogP contribution < -0.4 is 0 Å². The lowest BCUT2D eigenvalue weighted by molar-refractivity contribution is -0.0895. The Morgan fingerprint density at radius 2 is 2.00 bits per heavy atom. The van der Waals surface area contributed by atoms with Gasteiger partial charge in [0.2, 0.25) is 0 Å². The van der Waals surface area contributed by atoms with Gasteiger partial charge in [-0.05, 0) is 6.42 Å². The van der Waals surface area contributed by atoms with E-state index in [0.29, 0.717) is 6.61 Å². The molecule has 0 aromatic rings. The Balaban J connectivity index is 3.09. The summed E-state index contributed by atoms with van der Waals surface area (Å²) in [5.74, 6) is -1.18. The normalized spacial score (nSPS) is 20.1. The number of methoxy groups -OCH3 is 1. The standard InChI is InChI=1S/C13H19F3O4S/c1-3-21(17,18)12-10(9-20-8-7-19-2)5-4-6-11(12)13(14,15)16/h4,6,10H,3,5,7-9H2,1-2H3. The second-order valence-electron chi connectivity index (χ2n) is 4.58. The van der Waals surface area contributed by atoms with Crippen LogP contribution in [0.2, 0.25) is 0 Å². The molecule has 0 spiro atoms. The Kier molecular flexibility index (Phi) is 6.42.